The van der Waals surface area contributed by atoms with Crippen molar-refractivity contribution in [2.75, 3.05) is 18.5 Å². The molecule has 21 heavy (non-hydrogen) atoms. The minimum absolute atomic E-state index is 0.00433. The van der Waals surface area contributed by atoms with Crippen LogP contribution >= 0.6 is 15.9 Å². The van der Waals surface area contributed by atoms with Gasteiger partial charge in [0.2, 0.25) is 5.91 Å². The molecular formula is C16H23BrN2O2. The van der Waals surface area contributed by atoms with Crippen molar-refractivity contribution in [1.82, 2.24) is 5.32 Å². The third kappa shape index (κ3) is 3.98. The number of amides is 1. The standard InChI is InChI=1S/C16H23BrN2O2/c1-4-6-18-15-11-8-12(17)14(21-7-5-10(2)3)9-13(11)19-16(15)20/h8-10,15,18H,4-7H2,1-3H3,(H,19,20). The van der Waals surface area contributed by atoms with Gasteiger partial charge in [-0.3, -0.25) is 4.79 Å². The highest BCUT2D eigenvalue weighted by atomic mass is 79.9. The van der Waals surface area contributed by atoms with Gasteiger partial charge in [-0.25, -0.2) is 0 Å². The first-order valence-corrected chi connectivity index (χ1v) is 8.32. The molecule has 1 aliphatic heterocycles. The van der Waals surface area contributed by atoms with Crippen molar-refractivity contribution in [2.24, 2.45) is 5.92 Å². The Morgan fingerprint density at radius 1 is 1.43 bits per heavy atom. The van der Waals surface area contributed by atoms with Gasteiger partial charge in [-0.15, -0.1) is 0 Å². The predicted molar refractivity (Wildman–Crippen MR) is 88.8 cm³/mol. The molecule has 0 spiro atoms. The van der Waals surface area contributed by atoms with Crippen molar-refractivity contribution < 1.29 is 9.53 Å². The fraction of sp³-hybridized carbons (Fsp3) is 0.562. The zero-order chi connectivity index (χ0) is 15.4. The molecule has 0 aromatic heterocycles. The van der Waals surface area contributed by atoms with E-state index in [-0.39, 0.29) is 11.9 Å². The van der Waals surface area contributed by atoms with Gasteiger partial charge in [0.25, 0.3) is 0 Å². The highest BCUT2D eigenvalue weighted by molar-refractivity contribution is 9.10. The Bertz CT molecular complexity index is 517. The molecule has 1 heterocycles. The van der Waals surface area contributed by atoms with E-state index >= 15 is 0 Å². The van der Waals surface area contributed by atoms with Crippen LogP contribution in [0.3, 0.4) is 0 Å². The molecule has 1 unspecified atom stereocenters. The van der Waals surface area contributed by atoms with E-state index in [4.69, 9.17) is 4.74 Å². The highest BCUT2D eigenvalue weighted by Crippen LogP contribution is 2.38. The zero-order valence-electron chi connectivity index (χ0n) is 12.8. The molecule has 2 rings (SSSR count). The van der Waals surface area contributed by atoms with E-state index in [9.17, 15) is 4.79 Å². The van der Waals surface area contributed by atoms with E-state index in [0.717, 1.165) is 40.9 Å². The summed E-state index contributed by atoms with van der Waals surface area (Å²) in [5.74, 6) is 1.40. The molecule has 0 fully saturated rings. The summed E-state index contributed by atoms with van der Waals surface area (Å²) in [6.45, 7) is 7.93. The second-order valence-electron chi connectivity index (χ2n) is 5.78. The van der Waals surface area contributed by atoms with Crippen molar-refractivity contribution in [3.05, 3.63) is 22.2 Å². The summed E-state index contributed by atoms with van der Waals surface area (Å²) in [6, 6.07) is 3.62. The molecule has 1 atom stereocenters. The van der Waals surface area contributed by atoms with E-state index in [0.29, 0.717) is 12.5 Å². The van der Waals surface area contributed by atoms with Crippen LogP contribution in [0.1, 0.15) is 45.2 Å². The molecule has 116 valence electrons. The van der Waals surface area contributed by atoms with Gasteiger partial charge in [-0.2, -0.15) is 0 Å². The number of anilines is 1. The van der Waals surface area contributed by atoms with Gasteiger partial charge < -0.3 is 15.4 Å². The third-order valence-electron chi connectivity index (χ3n) is 3.49. The van der Waals surface area contributed by atoms with Crippen molar-refractivity contribution in [3.8, 4) is 5.75 Å². The minimum atomic E-state index is -0.263. The summed E-state index contributed by atoms with van der Waals surface area (Å²) in [6.07, 6.45) is 2.01. The summed E-state index contributed by atoms with van der Waals surface area (Å²) < 4.78 is 6.70. The van der Waals surface area contributed by atoms with Crippen LogP contribution in [0.4, 0.5) is 5.69 Å². The Balaban J connectivity index is 2.12. The van der Waals surface area contributed by atoms with Gasteiger partial charge >= 0.3 is 0 Å². The first-order chi connectivity index (χ1) is 10.0. The molecule has 2 N–H and O–H groups in total. The van der Waals surface area contributed by atoms with Crippen molar-refractivity contribution >= 4 is 27.5 Å². The quantitative estimate of drug-likeness (QED) is 0.781. The SMILES string of the molecule is CCCNC1C(=O)Nc2cc(OCCC(C)C)c(Br)cc21. The second-order valence-corrected chi connectivity index (χ2v) is 6.63. The Morgan fingerprint density at radius 3 is 2.86 bits per heavy atom. The van der Waals surface area contributed by atoms with E-state index in [2.05, 4.69) is 47.3 Å². The van der Waals surface area contributed by atoms with E-state index < -0.39 is 0 Å². The van der Waals surface area contributed by atoms with Crippen molar-refractivity contribution in [3.63, 3.8) is 0 Å². The summed E-state index contributed by atoms with van der Waals surface area (Å²) in [4.78, 5) is 12.0. The van der Waals surface area contributed by atoms with Gasteiger partial charge in [0, 0.05) is 17.3 Å². The fourth-order valence-corrected chi connectivity index (χ4v) is 2.74. The molecule has 0 bridgehead atoms. The lowest BCUT2D eigenvalue weighted by molar-refractivity contribution is -0.117. The maximum absolute atomic E-state index is 12.0. The van der Waals surface area contributed by atoms with E-state index in [1.54, 1.807) is 0 Å². The number of hydrogen-bond donors (Lipinski definition) is 2. The number of rotatable bonds is 7. The van der Waals surface area contributed by atoms with Crippen LogP contribution in [0, 0.1) is 5.92 Å². The van der Waals surface area contributed by atoms with E-state index in [1.165, 1.54) is 0 Å². The Kier molecular flexibility index (Phi) is 5.65. The number of halogens is 1. The summed E-state index contributed by atoms with van der Waals surface area (Å²) in [7, 11) is 0. The first kappa shape index (κ1) is 16.3. The molecule has 1 aromatic carbocycles. The van der Waals surface area contributed by atoms with Crippen LogP contribution in [0.2, 0.25) is 0 Å². The number of hydrogen-bond acceptors (Lipinski definition) is 3. The molecule has 0 aliphatic carbocycles. The monoisotopic (exact) mass is 354 g/mol. The van der Waals surface area contributed by atoms with Gasteiger partial charge in [-0.05, 0) is 47.3 Å². The number of carbonyl (C=O) groups is 1. The highest BCUT2D eigenvalue weighted by Gasteiger charge is 2.31. The predicted octanol–water partition coefficient (Wildman–Crippen LogP) is 3.87. The average Bonchev–Trinajstić information content (AvgIpc) is 2.71. The van der Waals surface area contributed by atoms with Gasteiger partial charge in [0.15, 0.2) is 0 Å². The van der Waals surface area contributed by atoms with Gasteiger partial charge in [-0.1, -0.05) is 20.8 Å². The molecule has 5 heteroatoms. The molecule has 4 nitrogen and oxygen atoms in total. The number of ether oxygens (including phenoxy) is 1. The van der Waals surface area contributed by atoms with Crippen LogP contribution in [-0.4, -0.2) is 19.1 Å². The van der Waals surface area contributed by atoms with Crippen molar-refractivity contribution in [1.29, 1.82) is 0 Å². The minimum Gasteiger partial charge on any atom is -0.492 e. The lowest BCUT2D eigenvalue weighted by Gasteiger charge is -2.13. The van der Waals surface area contributed by atoms with E-state index in [1.807, 2.05) is 12.1 Å². The summed E-state index contributed by atoms with van der Waals surface area (Å²) in [5, 5.41) is 6.19. The van der Waals surface area contributed by atoms with Crippen LogP contribution in [0.15, 0.2) is 16.6 Å². The Hall–Kier alpha value is -1.07. The number of benzene rings is 1. The van der Waals surface area contributed by atoms with Crippen LogP contribution < -0.4 is 15.4 Å². The number of nitrogens with one attached hydrogen (secondary N) is 2. The van der Waals surface area contributed by atoms with Crippen LogP contribution in [0.5, 0.6) is 5.75 Å². The van der Waals surface area contributed by atoms with Gasteiger partial charge in [0.1, 0.15) is 11.8 Å². The lowest BCUT2D eigenvalue weighted by Crippen LogP contribution is -2.28. The maximum atomic E-state index is 12.0. The summed E-state index contributed by atoms with van der Waals surface area (Å²) >= 11 is 3.54. The fourth-order valence-electron chi connectivity index (χ4n) is 2.27. The molecule has 0 saturated carbocycles. The molecule has 1 aliphatic rings. The Morgan fingerprint density at radius 2 is 2.19 bits per heavy atom. The third-order valence-corrected chi connectivity index (χ3v) is 4.11. The average molecular weight is 355 g/mol. The first-order valence-electron chi connectivity index (χ1n) is 7.53. The second kappa shape index (κ2) is 7.27. The zero-order valence-corrected chi connectivity index (χ0v) is 14.4. The maximum Gasteiger partial charge on any atom is 0.246 e. The topological polar surface area (TPSA) is 50.4 Å². The molecule has 1 amide bonds. The lowest BCUT2D eigenvalue weighted by atomic mass is 10.1. The van der Waals surface area contributed by atoms with Crippen molar-refractivity contribution in [2.45, 2.75) is 39.7 Å². The molecule has 0 saturated heterocycles. The van der Waals surface area contributed by atoms with Crippen LogP contribution in [0.25, 0.3) is 0 Å². The molecular weight excluding hydrogens is 332 g/mol. The summed E-state index contributed by atoms with van der Waals surface area (Å²) in [5.41, 5.74) is 1.83. The molecule has 1 aromatic rings. The largest absolute Gasteiger partial charge is 0.492 e. The number of carbonyl (C=O) groups excluding carboxylic acids is 1. The van der Waals surface area contributed by atoms with Crippen LogP contribution in [-0.2, 0) is 4.79 Å². The Labute approximate surface area is 134 Å². The normalized spacial score (nSPS) is 17.0. The smallest absolute Gasteiger partial charge is 0.246 e. The molecule has 0 radical (unpaired) electrons. The van der Waals surface area contributed by atoms with Gasteiger partial charge in [0.05, 0.1) is 11.1 Å². The number of fused-ring (bicyclic) bond motifs is 1.